The monoisotopic (exact) mass is 194 g/mol. The molecular formula is C7H11ClO4. The molecule has 5 heteroatoms. The molecule has 0 radical (unpaired) electrons. The Morgan fingerprint density at radius 3 is 2.42 bits per heavy atom. The molecule has 0 aliphatic carbocycles. The highest BCUT2D eigenvalue weighted by atomic mass is 35.5. The van der Waals surface area contributed by atoms with Gasteiger partial charge in [-0.3, -0.25) is 4.79 Å². The van der Waals surface area contributed by atoms with Gasteiger partial charge in [0.1, 0.15) is 0 Å². The number of halogens is 1. The Balaban J connectivity index is 3.01. The second-order valence-corrected chi connectivity index (χ2v) is 2.60. The van der Waals surface area contributed by atoms with E-state index in [9.17, 15) is 9.59 Å². The van der Waals surface area contributed by atoms with Crippen molar-refractivity contribution in [2.24, 2.45) is 0 Å². The molecule has 0 unspecified atom stereocenters. The molecule has 0 heterocycles. The van der Waals surface area contributed by atoms with Gasteiger partial charge in [0.2, 0.25) is 0 Å². The van der Waals surface area contributed by atoms with E-state index >= 15 is 0 Å². The van der Waals surface area contributed by atoms with Crippen LogP contribution in [0.25, 0.3) is 0 Å². The lowest BCUT2D eigenvalue weighted by atomic mass is 10.2. The van der Waals surface area contributed by atoms with Gasteiger partial charge in [0.15, 0.2) is 0 Å². The standard InChI is InChI=1S/C7H11ClO4/c8-7(11)12-5-3-1-2-4-6(9)10/h1-5H2,(H,9,10). The summed E-state index contributed by atoms with van der Waals surface area (Å²) in [5, 5.41) is 8.25. The summed E-state index contributed by atoms with van der Waals surface area (Å²) in [6.07, 6.45) is 2.16. The lowest BCUT2D eigenvalue weighted by molar-refractivity contribution is -0.137. The van der Waals surface area contributed by atoms with Gasteiger partial charge in [-0.15, -0.1) is 0 Å². The zero-order chi connectivity index (χ0) is 9.40. The first-order chi connectivity index (χ1) is 5.63. The topological polar surface area (TPSA) is 63.6 Å². The summed E-state index contributed by atoms with van der Waals surface area (Å²) in [7, 11) is 0. The molecule has 4 nitrogen and oxygen atoms in total. The molecule has 0 aliphatic heterocycles. The van der Waals surface area contributed by atoms with Crippen molar-refractivity contribution in [1.29, 1.82) is 0 Å². The molecule has 0 amide bonds. The van der Waals surface area contributed by atoms with Crippen molar-refractivity contribution in [3.8, 4) is 0 Å². The Labute approximate surface area is 75.5 Å². The van der Waals surface area contributed by atoms with Gasteiger partial charge >= 0.3 is 11.4 Å². The number of carbonyl (C=O) groups excluding carboxylic acids is 1. The van der Waals surface area contributed by atoms with E-state index in [1.165, 1.54) is 0 Å². The molecule has 0 aromatic carbocycles. The van der Waals surface area contributed by atoms with Crippen LogP contribution >= 0.6 is 11.6 Å². The van der Waals surface area contributed by atoms with Crippen molar-refractivity contribution in [2.45, 2.75) is 25.7 Å². The summed E-state index contributed by atoms with van der Waals surface area (Å²) in [6.45, 7) is 0.266. The maximum Gasteiger partial charge on any atom is 0.403 e. The predicted molar refractivity (Wildman–Crippen MR) is 43.3 cm³/mol. The fourth-order valence-corrected chi connectivity index (χ4v) is 0.785. The third-order valence-electron chi connectivity index (χ3n) is 1.25. The van der Waals surface area contributed by atoms with E-state index in [4.69, 9.17) is 16.7 Å². The smallest absolute Gasteiger partial charge is 0.403 e. The van der Waals surface area contributed by atoms with Gasteiger partial charge in [-0.05, 0) is 19.3 Å². The van der Waals surface area contributed by atoms with Crippen molar-refractivity contribution in [1.82, 2.24) is 0 Å². The zero-order valence-electron chi connectivity index (χ0n) is 6.59. The zero-order valence-corrected chi connectivity index (χ0v) is 7.34. The van der Waals surface area contributed by atoms with E-state index in [1.54, 1.807) is 0 Å². The molecule has 1 N–H and O–H groups in total. The first-order valence-corrected chi connectivity index (χ1v) is 4.05. The molecule has 0 fully saturated rings. The van der Waals surface area contributed by atoms with Crippen LogP contribution in [-0.2, 0) is 9.53 Å². The Morgan fingerprint density at radius 1 is 1.25 bits per heavy atom. The van der Waals surface area contributed by atoms with Crippen LogP contribution < -0.4 is 0 Å². The molecule has 0 spiro atoms. The van der Waals surface area contributed by atoms with Crippen LogP contribution in [0.3, 0.4) is 0 Å². The van der Waals surface area contributed by atoms with Gasteiger partial charge in [-0.2, -0.15) is 0 Å². The second-order valence-electron chi connectivity index (χ2n) is 2.29. The van der Waals surface area contributed by atoms with Gasteiger partial charge in [-0.25, -0.2) is 4.79 Å². The number of ether oxygens (including phenoxy) is 1. The number of unbranched alkanes of at least 4 members (excludes halogenated alkanes) is 2. The van der Waals surface area contributed by atoms with Crippen molar-refractivity contribution in [3.63, 3.8) is 0 Å². The number of hydrogen-bond donors (Lipinski definition) is 1. The average molecular weight is 195 g/mol. The fraction of sp³-hybridized carbons (Fsp3) is 0.714. The third kappa shape index (κ3) is 9.23. The van der Waals surface area contributed by atoms with E-state index < -0.39 is 11.4 Å². The minimum atomic E-state index is -0.812. The molecule has 70 valence electrons. The summed E-state index contributed by atoms with van der Waals surface area (Å²) in [5.74, 6) is -0.802. The normalized spacial score (nSPS) is 9.42. The lowest BCUT2D eigenvalue weighted by Crippen LogP contribution is -1.98. The van der Waals surface area contributed by atoms with Crippen LogP contribution in [0.4, 0.5) is 4.79 Å². The third-order valence-corrected chi connectivity index (χ3v) is 1.36. The SMILES string of the molecule is O=C(O)CCCCCOC(=O)Cl. The van der Waals surface area contributed by atoms with Crippen LogP contribution in [0, 0.1) is 0 Å². The average Bonchev–Trinajstić information content (AvgIpc) is 1.95. The number of carboxylic acids is 1. The van der Waals surface area contributed by atoms with Gasteiger partial charge in [0.05, 0.1) is 6.61 Å². The van der Waals surface area contributed by atoms with Gasteiger partial charge in [-0.1, -0.05) is 0 Å². The Hall–Kier alpha value is -0.770. The van der Waals surface area contributed by atoms with E-state index in [0.29, 0.717) is 12.8 Å². The molecule has 0 rings (SSSR count). The van der Waals surface area contributed by atoms with Crippen LogP contribution in [0.1, 0.15) is 25.7 Å². The molecule has 0 atom stereocenters. The highest BCUT2D eigenvalue weighted by molar-refractivity contribution is 6.61. The Morgan fingerprint density at radius 2 is 1.92 bits per heavy atom. The number of aliphatic carboxylic acids is 1. The number of carboxylic acid groups (broad SMARTS) is 1. The number of rotatable bonds is 6. The lowest BCUT2D eigenvalue weighted by Gasteiger charge is -1.98. The van der Waals surface area contributed by atoms with Gasteiger partial charge in [0, 0.05) is 18.0 Å². The number of hydrogen-bond acceptors (Lipinski definition) is 3. The van der Waals surface area contributed by atoms with Crippen LogP contribution in [0.5, 0.6) is 0 Å². The Bertz CT molecular complexity index is 139. The van der Waals surface area contributed by atoms with Crippen molar-refractivity contribution < 1.29 is 19.4 Å². The summed E-state index contributed by atoms with van der Waals surface area (Å²) in [5.41, 5.74) is -0.812. The second kappa shape index (κ2) is 6.91. The molecule has 0 aromatic rings. The first kappa shape index (κ1) is 11.2. The summed E-state index contributed by atoms with van der Waals surface area (Å²) in [6, 6.07) is 0. The van der Waals surface area contributed by atoms with E-state index in [-0.39, 0.29) is 13.0 Å². The maximum atomic E-state index is 10.0. The molecular weight excluding hydrogens is 184 g/mol. The maximum absolute atomic E-state index is 10.0. The Kier molecular flexibility index (Phi) is 6.47. The van der Waals surface area contributed by atoms with E-state index in [1.807, 2.05) is 0 Å². The number of carbonyl (C=O) groups is 2. The summed E-state index contributed by atoms with van der Waals surface area (Å²) >= 11 is 4.89. The van der Waals surface area contributed by atoms with E-state index in [0.717, 1.165) is 6.42 Å². The summed E-state index contributed by atoms with van der Waals surface area (Å²) < 4.78 is 4.43. The van der Waals surface area contributed by atoms with Crippen LogP contribution in [-0.4, -0.2) is 23.1 Å². The first-order valence-electron chi connectivity index (χ1n) is 3.67. The molecule has 0 aliphatic rings. The minimum Gasteiger partial charge on any atom is -0.481 e. The van der Waals surface area contributed by atoms with Gasteiger partial charge < -0.3 is 9.84 Å². The van der Waals surface area contributed by atoms with Gasteiger partial charge in [0.25, 0.3) is 0 Å². The molecule has 0 saturated heterocycles. The molecule has 0 saturated carbocycles. The van der Waals surface area contributed by atoms with E-state index in [2.05, 4.69) is 4.74 Å². The van der Waals surface area contributed by atoms with Crippen LogP contribution in [0.15, 0.2) is 0 Å². The van der Waals surface area contributed by atoms with Crippen molar-refractivity contribution >= 4 is 23.0 Å². The molecule has 0 bridgehead atoms. The molecule has 0 aromatic heterocycles. The van der Waals surface area contributed by atoms with Crippen molar-refractivity contribution in [2.75, 3.05) is 6.61 Å². The fourth-order valence-electron chi connectivity index (χ4n) is 0.707. The largest absolute Gasteiger partial charge is 0.481 e. The summed E-state index contributed by atoms with van der Waals surface area (Å²) in [4.78, 5) is 20.1. The quantitative estimate of drug-likeness (QED) is 0.519. The highest BCUT2D eigenvalue weighted by Gasteiger charge is 1.97. The van der Waals surface area contributed by atoms with Crippen LogP contribution in [0.2, 0.25) is 0 Å². The predicted octanol–water partition coefficient (Wildman–Crippen LogP) is 2.01. The molecule has 12 heavy (non-hydrogen) atoms. The minimum absolute atomic E-state index is 0.162. The highest BCUT2D eigenvalue weighted by Crippen LogP contribution is 2.00. The van der Waals surface area contributed by atoms with Crippen molar-refractivity contribution in [3.05, 3.63) is 0 Å².